The van der Waals surface area contributed by atoms with Crippen molar-refractivity contribution in [2.24, 2.45) is 5.41 Å². The number of nitrogens with one attached hydrogen (secondary N) is 1. The molecule has 1 atom stereocenters. The molecule has 1 rings (SSSR count). The van der Waals surface area contributed by atoms with Crippen molar-refractivity contribution in [2.45, 2.75) is 45.6 Å². The number of hydrogen-bond acceptors (Lipinski definition) is 2. The predicted octanol–water partition coefficient (Wildman–Crippen LogP) is 3.47. The van der Waals surface area contributed by atoms with E-state index in [9.17, 15) is 8.42 Å². The second-order valence-electron chi connectivity index (χ2n) is 5.62. The molecule has 1 aromatic carbocycles. The lowest BCUT2D eigenvalue weighted by molar-refractivity contribution is 0.317. The van der Waals surface area contributed by atoms with Crippen LogP contribution in [-0.2, 0) is 10.0 Å². The number of sulfonamides is 1. The first-order valence-electron chi connectivity index (χ1n) is 5.82. The van der Waals surface area contributed by atoms with Gasteiger partial charge in [-0.2, -0.15) is 0 Å². The summed E-state index contributed by atoms with van der Waals surface area (Å²) >= 11 is 3.30. The zero-order valence-electron chi connectivity index (χ0n) is 11.4. The van der Waals surface area contributed by atoms with Crippen LogP contribution in [0.15, 0.2) is 27.6 Å². The topological polar surface area (TPSA) is 46.2 Å². The monoisotopic (exact) mass is 333 g/mol. The first-order valence-corrected chi connectivity index (χ1v) is 8.10. The van der Waals surface area contributed by atoms with Gasteiger partial charge in [0.1, 0.15) is 0 Å². The van der Waals surface area contributed by atoms with Gasteiger partial charge in [0.2, 0.25) is 10.0 Å². The lowest BCUT2D eigenvalue weighted by Crippen LogP contribution is -2.41. The van der Waals surface area contributed by atoms with Gasteiger partial charge in [-0.25, -0.2) is 13.1 Å². The molecular weight excluding hydrogens is 314 g/mol. The number of hydrogen-bond donors (Lipinski definition) is 1. The van der Waals surface area contributed by atoms with Crippen LogP contribution in [0, 0.1) is 12.3 Å². The molecule has 1 aromatic rings. The number of rotatable bonds is 3. The molecule has 0 spiro atoms. The summed E-state index contributed by atoms with van der Waals surface area (Å²) in [6.07, 6.45) is 0. The van der Waals surface area contributed by atoms with E-state index in [2.05, 4.69) is 20.7 Å². The van der Waals surface area contributed by atoms with Crippen LogP contribution in [-0.4, -0.2) is 14.5 Å². The van der Waals surface area contributed by atoms with E-state index in [1.54, 1.807) is 19.1 Å². The quantitative estimate of drug-likeness (QED) is 0.920. The molecule has 5 heteroatoms. The molecule has 102 valence electrons. The fourth-order valence-corrected chi connectivity index (χ4v) is 3.57. The Balaban J connectivity index is 3.11. The highest BCUT2D eigenvalue weighted by atomic mass is 79.9. The third-order valence-electron chi connectivity index (χ3n) is 3.07. The SMILES string of the molecule is Cc1ccc(Br)cc1S(=O)(=O)NC(C)C(C)(C)C. The summed E-state index contributed by atoms with van der Waals surface area (Å²) in [5.41, 5.74) is 0.624. The van der Waals surface area contributed by atoms with Crippen LogP contribution < -0.4 is 4.72 Å². The van der Waals surface area contributed by atoms with Gasteiger partial charge in [-0.15, -0.1) is 0 Å². The molecule has 0 bridgehead atoms. The molecule has 3 nitrogen and oxygen atoms in total. The van der Waals surface area contributed by atoms with Crippen molar-refractivity contribution in [3.63, 3.8) is 0 Å². The van der Waals surface area contributed by atoms with Crippen LogP contribution in [0.25, 0.3) is 0 Å². The van der Waals surface area contributed by atoms with E-state index in [-0.39, 0.29) is 11.5 Å². The summed E-state index contributed by atoms with van der Waals surface area (Å²) in [4.78, 5) is 0.327. The Morgan fingerprint density at radius 1 is 1.28 bits per heavy atom. The fraction of sp³-hybridized carbons (Fsp3) is 0.538. The highest BCUT2D eigenvalue weighted by Crippen LogP contribution is 2.24. The van der Waals surface area contributed by atoms with E-state index >= 15 is 0 Å². The molecule has 0 saturated carbocycles. The Kier molecular flexibility index (Phi) is 4.62. The van der Waals surface area contributed by atoms with Gasteiger partial charge in [0.25, 0.3) is 0 Å². The normalized spacial score (nSPS) is 14.6. The second kappa shape index (κ2) is 5.31. The molecule has 1 unspecified atom stereocenters. The van der Waals surface area contributed by atoms with Crippen LogP contribution in [0.1, 0.15) is 33.3 Å². The molecule has 0 fully saturated rings. The average Bonchev–Trinajstić information content (AvgIpc) is 2.19. The smallest absolute Gasteiger partial charge is 0.208 e. The maximum Gasteiger partial charge on any atom is 0.241 e. The van der Waals surface area contributed by atoms with Gasteiger partial charge < -0.3 is 0 Å². The molecule has 0 radical (unpaired) electrons. The third kappa shape index (κ3) is 3.80. The van der Waals surface area contributed by atoms with Gasteiger partial charge in [0, 0.05) is 10.5 Å². The molecule has 18 heavy (non-hydrogen) atoms. The van der Waals surface area contributed by atoms with E-state index in [4.69, 9.17) is 0 Å². The first-order chi connectivity index (χ1) is 8.04. The Morgan fingerprint density at radius 2 is 1.83 bits per heavy atom. The fourth-order valence-electron chi connectivity index (χ4n) is 1.34. The van der Waals surface area contributed by atoms with Crippen molar-refractivity contribution in [1.29, 1.82) is 0 Å². The largest absolute Gasteiger partial charge is 0.241 e. The minimum absolute atomic E-state index is 0.118. The van der Waals surface area contributed by atoms with Crippen molar-refractivity contribution in [3.05, 3.63) is 28.2 Å². The summed E-state index contributed by atoms with van der Waals surface area (Å²) in [5, 5.41) is 0. The summed E-state index contributed by atoms with van der Waals surface area (Å²) < 4.78 is 28.2. The van der Waals surface area contributed by atoms with Crippen molar-refractivity contribution in [2.75, 3.05) is 0 Å². The van der Waals surface area contributed by atoms with Gasteiger partial charge in [0.15, 0.2) is 0 Å². The van der Waals surface area contributed by atoms with E-state index in [0.717, 1.165) is 10.0 Å². The van der Waals surface area contributed by atoms with Crippen molar-refractivity contribution < 1.29 is 8.42 Å². The summed E-state index contributed by atoms with van der Waals surface area (Å²) in [6, 6.07) is 5.12. The number of benzene rings is 1. The van der Waals surface area contributed by atoms with Gasteiger partial charge in [-0.3, -0.25) is 0 Å². The van der Waals surface area contributed by atoms with E-state index in [1.807, 2.05) is 33.8 Å². The Hall–Kier alpha value is -0.390. The zero-order valence-corrected chi connectivity index (χ0v) is 13.8. The van der Waals surface area contributed by atoms with E-state index in [0.29, 0.717) is 4.90 Å². The summed E-state index contributed by atoms with van der Waals surface area (Å²) in [7, 11) is -3.48. The summed E-state index contributed by atoms with van der Waals surface area (Å²) in [5.74, 6) is 0. The lowest BCUT2D eigenvalue weighted by atomic mass is 9.89. The standard InChI is InChI=1S/C13H20BrNO2S/c1-9-6-7-11(14)8-12(9)18(16,17)15-10(2)13(3,4)5/h6-8,10,15H,1-5H3. The minimum Gasteiger partial charge on any atom is -0.208 e. The third-order valence-corrected chi connectivity index (χ3v) is 5.25. The van der Waals surface area contributed by atoms with Crippen molar-refractivity contribution in [3.8, 4) is 0 Å². The predicted molar refractivity (Wildman–Crippen MR) is 78.1 cm³/mol. The lowest BCUT2D eigenvalue weighted by Gasteiger charge is -2.28. The van der Waals surface area contributed by atoms with Crippen LogP contribution in [0.2, 0.25) is 0 Å². The van der Waals surface area contributed by atoms with Crippen molar-refractivity contribution >= 4 is 26.0 Å². The highest BCUT2D eigenvalue weighted by molar-refractivity contribution is 9.10. The van der Waals surface area contributed by atoms with Crippen LogP contribution in [0.5, 0.6) is 0 Å². The van der Waals surface area contributed by atoms with Crippen LogP contribution in [0.4, 0.5) is 0 Å². The molecule has 0 aliphatic heterocycles. The maximum atomic E-state index is 12.3. The second-order valence-corrected chi connectivity index (χ2v) is 8.22. The highest BCUT2D eigenvalue weighted by Gasteiger charge is 2.26. The molecule has 0 heterocycles. The van der Waals surface area contributed by atoms with Gasteiger partial charge in [-0.05, 0) is 37.0 Å². The molecule has 0 aromatic heterocycles. The van der Waals surface area contributed by atoms with E-state index < -0.39 is 10.0 Å². The molecular formula is C13H20BrNO2S. The van der Waals surface area contributed by atoms with Crippen molar-refractivity contribution in [1.82, 2.24) is 4.72 Å². The van der Waals surface area contributed by atoms with Gasteiger partial charge in [0.05, 0.1) is 4.90 Å². The molecule has 0 amide bonds. The summed E-state index contributed by atoms with van der Waals surface area (Å²) in [6.45, 7) is 9.70. The van der Waals surface area contributed by atoms with Gasteiger partial charge in [-0.1, -0.05) is 42.8 Å². The van der Waals surface area contributed by atoms with Crippen LogP contribution in [0.3, 0.4) is 0 Å². The zero-order chi connectivity index (χ0) is 14.1. The molecule has 0 aliphatic carbocycles. The number of halogens is 1. The Bertz CT molecular complexity index is 532. The van der Waals surface area contributed by atoms with E-state index in [1.165, 1.54) is 0 Å². The number of aryl methyl sites for hydroxylation is 1. The minimum atomic E-state index is -3.48. The first kappa shape index (κ1) is 15.7. The average molecular weight is 334 g/mol. The molecule has 0 saturated heterocycles. The Morgan fingerprint density at radius 3 is 2.33 bits per heavy atom. The molecule has 1 N–H and O–H groups in total. The maximum absolute atomic E-state index is 12.3. The van der Waals surface area contributed by atoms with Crippen LogP contribution >= 0.6 is 15.9 Å². The molecule has 0 aliphatic rings. The Labute approximate surface area is 118 Å². The van der Waals surface area contributed by atoms with Gasteiger partial charge >= 0.3 is 0 Å².